The maximum atomic E-state index is 7.15. The van der Waals surface area contributed by atoms with Crippen LogP contribution in [-0.4, -0.2) is 76.6 Å². The standard InChI is InChI=1S/C35H45ClN6S/c1-4-5-27(21-37-3)33-29-13-14-31-35(43-23(2)38-31)34(29)42(39-33)32-15-10-26(20-30(32)36)25-8-11-28(12-9-25)41-18-16-40(17-19-41)22-24-6-7-24/h5,10,15,20-21,24-25,28H,4,6-9,11-14,16-19,22H2,1-3H3/b27-5+,37-21?. The number of fused-ring (bicyclic) bond motifs is 3. The predicted octanol–water partition coefficient (Wildman–Crippen LogP) is 7.60. The molecule has 3 aliphatic carbocycles. The van der Waals surface area contributed by atoms with E-state index in [2.05, 4.69) is 57.6 Å². The second-order valence-electron chi connectivity index (χ2n) is 13.0. The zero-order valence-electron chi connectivity index (χ0n) is 26.0. The highest BCUT2D eigenvalue weighted by atomic mass is 35.5. The second-order valence-corrected chi connectivity index (χ2v) is 14.7. The number of nitrogens with zero attached hydrogens (tertiary/aromatic N) is 6. The third-order valence-electron chi connectivity index (χ3n) is 10.1. The van der Waals surface area contributed by atoms with Crippen molar-refractivity contribution in [3.05, 3.63) is 56.8 Å². The fourth-order valence-electron chi connectivity index (χ4n) is 7.66. The van der Waals surface area contributed by atoms with Gasteiger partial charge in [-0.25, -0.2) is 9.67 Å². The van der Waals surface area contributed by atoms with Crippen molar-refractivity contribution in [1.82, 2.24) is 24.6 Å². The van der Waals surface area contributed by atoms with Gasteiger partial charge in [0.25, 0.3) is 0 Å². The first kappa shape index (κ1) is 29.4. The molecule has 0 spiro atoms. The molecule has 43 heavy (non-hydrogen) atoms. The number of aliphatic imine (C=N–C) groups is 1. The molecule has 2 aromatic heterocycles. The van der Waals surface area contributed by atoms with E-state index in [1.54, 1.807) is 11.3 Å². The number of rotatable bonds is 8. The van der Waals surface area contributed by atoms with Gasteiger partial charge in [0.05, 0.1) is 37.7 Å². The van der Waals surface area contributed by atoms with E-state index in [4.69, 9.17) is 21.7 Å². The molecule has 1 aliphatic heterocycles. The summed E-state index contributed by atoms with van der Waals surface area (Å²) >= 11 is 8.91. The zero-order valence-corrected chi connectivity index (χ0v) is 27.6. The van der Waals surface area contributed by atoms with Crippen LogP contribution in [0.4, 0.5) is 0 Å². The average molecular weight is 617 g/mol. The Morgan fingerprint density at radius 3 is 2.56 bits per heavy atom. The van der Waals surface area contributed by atoms with Gasteiger partial charge in [0.15, 0.2) is 0 Å². The first-order valence-electron chi connectivity index (χ1n) is 16.5. The van der Waals surface area contributed by atoms with Gasteiger partial charge in [0.2, 0.25) is 0 Å². The molecule has 7 rings (SSSR count). The Balaban J connectivity index is 1.11. The summed E-state index contributed by atoms with van der Waals surface area (Å²) in [6, 6.07) is 7.50. The molecule has 2 saturated carbocycles. The molecule has 4 aliphatic rings. The van der Waals surface area contributed by atoms with Crippen molar-refractivity contribution in [3.63, 3.8) is 0 Å². The van der Waals surface area contributed by atoms with Crippen molar-refractivity contribution in [2.75, 3.05) is 39.8 Å². The summed E-state index contributed by atoms with van der Waals surface area (Å²) in [6.07, 6.45) is 15.0. The fraction of sp³-hybridized carbons (Fsp3) is 0.571. The number of allylic oxidation sites excluding steroid dienone is 2. The molecule has 0 N–H and O–H groups in total. The van der Waals surface area contributed by atoms with E-state index in [9.17, 15) is 0 Å². The maximum absolute atomic E-state index is 7.15. The number of piperazine rings is 1. The molecule has 6 nitrogen and oxygen atoms in total. The largest absolute Gasteiger partial charge is 0.301 e. The molecule has 0 amide bonds. The van der Waals surface area contributed by atoms with Gasteiger partial charge in [-0.15, -0.1) is 11.3 Å². The van der Waals surface area contributed by atoms with Crippen LogP contribution in [0.1, 0.15) is 85.3 Å². The molecule has 0 atom stereocenters. The first-order valence-corrected chi connectivity index (χ1v) is 17.7. The minimum Gasteiger partial charge on any atom is -0.301 e. The molecule has 1 aromatic carbocycles. The molecule has 3 fully saturated rings. The molecule has 8 heteroatoms. The second kappa shape index (κ2) is 12.6. The first-order chi connectivity index (χ1) is 21.0. The van der Waals surface area contributed by atoms with Gasteiger partial charge in [0, 0.05) is 63.2 Å². The summed E-state index contributed by atoms with van der Waals surface area (Å²) < 4.78 is 2.10. The third-order valence-corrected chi connectivity index (χ3v) is 11.4. The van der Waals surface area contributed by atoms with Gasteiger partial charge in [-0.05, 0) is 94.2 Å². The highest BCUT2D eigenvalue weighted by Crippen LogP contribution is 2.43. The van der Waals surface area contributed by atoms with Crippen LogP contribution in [-0.2, 0) is 12.8 Å². The van der Waals surface area contributed by atoms with Gasteiger partial charge in [0.1, 0.15) is 0 Å². The van der Waals surface area contributed by atoms with Gasteiger partial charge in [-0.1, -0.05) is 30.7 Å². The molecule has 0 unspecified atom stereocenters. The van der Waals surface area contributed by atoms with Crippen molar-refractivity contribution in [1.29, 1.82) is 0 Å². The van der Waals surface area contributed by atoms with Gasteiger partial charge >= 0.3 is 0 Å². The Hall–Kier alpha value is -2.32. The van der Waals surface area contributed by atoms with Crippen LogP contribution in [0, 0.1) is 12.8 Å². The van der Waals surface area contributed by atoms with Crippen LogP contribution < -0.4 is 0 Å². The SMILES string of the molecule is CC/C=C(\C=NC)c1nn(-c2ccc(C3CCC(N4CCN(CC5CC5)CC4)CC3)cc2Cl)c2c1CCc1nc(C)sc1-2. The fourth-order valence-corrected chi connectivity index (χ4v) is 8.96. The quantitative estimate of drug-likeness (QED) is 0.245. The van der Waals surface area contributed by atoms with E-state index in [1.165, 1.54) is 92.9 Å². The highest BCUT2D eigenvalue weighted by molar-refractivity contribution is 7.15. The number of aryl methyl sites for hydroxylation is 2. The zero-order chi connectivity index (χ0) is 29.5. The lowest BCUT2D eigenvalue weighted by atomic mass is 9.81. The van der Waals surface area contributed by atoms with Crippen LogP contribution in [0.15, 0.2) is 29.3 Å². The summed E-state index contributed by atoms with van der Waals surface area (Å²) in [6.45, 7) is 10.6. The number of thiazole rings is 1. The Bertz CT molecular complexity index is 1520. The van der Waals surface area contributed by atoms with E-state index in [-0.39, 0.29) is 0 Å². The van der Waals surface area contributed by atoms with Crippen molar-refractivity contribution in [3.8, 4) is 16.3 Å². The summed E-state index contributed by atoms with van der Waals surface area (Å²) in [5.74, 6) is 1.58. The molecule has 3 heterocycles. The van der Waals surface area contributed by atoms with E-state index in [0.29, 0.717) is 5.92 Å². The van der Waals surface area contributed by atoms with Crippen molar-refractivity contribution in [2.45, 2.75) is 83.6 Å². The number of hydrogen-bond donors (Lipinski definition) is 0. The highest BCUT2D eigenvalue weighted by Gasteiger charge is 2.33. The van der Waals surface area contributed by atoms with E-state index in [1.807, 2.05) is 13.3 Å². The van der Waals surface area contributed by atoms with E-state index < -0.39 is 0 Å². The topological polar surface area (TPSA) is 49.6 Å². The monoisotopic (exact) mass is 616 g/mol. The molecular weight excluding hydrogens is 572 g/mol. The molecule has 0 bridgehead atoms. The summed E-state index contributed by atoms with van der Waals surface area (Å²) in [5.41, 5.74) is 8.05. The van der Waals surface area contributed by atoms with Gasteiger partial charge in [-0.2, -0.15) is 5.10 Å². The lowest BCUT2D eigenvalue weighted by Crippen LogP contribution is -2.51. The molecule has 3 aromatic rings. The molecule has 0 radical (unpaired) electrons. The third kappa shape index (κ3) is 6.03. The van der Waals surface area contributed by atoms with E-state index >= 15 is 0 Å². The smallest absolute Gasteiger partial charge is 0.0978 e. The van der Waals surface area contributed by atoms with Gasteiger partial charge < -0.3 is 4.90 Å². The minimum absolute atomic E-state index is 0.580. The van der Waals surface area contributed by atoms with Crippen LogP contribution in [0.2, 0.25) is 5.02 Å². The molecule has 228 valence electrons. The normalized spacial score (nSPS) is 23.6. The number of hydrogen-bond acceptors (Lipinski definition) is 6. The molecular formula is C35H45ClN6S. The van der Waals surface area contributed by atoms with Crippen molar-refractivity contribution >= 4 is 34.7 Å². The summed E-state index contributed by atoms with van der Waals surface area (Å²) in [5, 5.41) is 7.12. The Morgan fingerprint density at radius 1 is 1.07 bits per heavy atom. The van der Waals surface area contributed by atoms with E-state index in [0.717, 1.165) is 63.9 Å². The van der Waals surface area contributed by atoms with Crippen LogP contribution in [0.5, 0.6) is 0 Å². The van der Waals surface area contributed by atoms with Crippen molar-refractivity contribution in [2.24, 2.45) is 10.9 Å². The number of halogens is 1. The maximum Gasteiger partial charge on any atom is 0.0978 e. The summed E-state index contributed by atoms with van der Waals surface area (Å²) in [4.78, 5) is 15.9. The Morgan fingerprint density at radius 2 is 1.86 bits per heavy atom. The van der Waals surface area contributed by atoms with Crippen LogP contribution in [0.25, 0.3) is 21.8 Å². The van der Waals surface area contributed by atoms with Crippen molar-refractivity contribution < 1.29 is 0 Å². The predicted molar refractivity (Wildman–Crippen MR) is 180 cm³/mol. The van der Waals surface area contributed by atoms with Crippen LogP contribution >= 0.6 is 22.9 Å². The molecule has 1 saturated heterocycles. The lowest BCUT2D eigenvalue weighted by Gasteiger charge is -2.42. The lowest BCUT2D eigenvalue weighted by molar-refractivity contribution is 0.0739. The number of benzene rings is 1. The number of aromatic nitrogens is 3. The Kier molecular flexibility index (Phi) is 8.60. The van der Waals surface area contributed by atoms with Crippen LogP contribution in [0.3, 0.4) is 0 Å². The van der Waals surface area contributed by atoms with Gasteiger partial charge in [-0.3, -0.25) is 9.89 Å². The Labute approximate surface area is 265 Å². The minimum atomic E-state index is 0.580. The average Bonchev–Trinajstić information content (AvgIpc) is 3.62. The summed E-state index contributed by atoms with van der Waals surface area (Å²) in [7, 11) is 1.83.